The SMILES string of the molecule is CCOC(=O)c1c(CSc2ccccc2)oc2cc(Br)c(O)c(C[NH+](C)C)c12. The summed E-state index contributed by atoms with van der Waals surface area (Å²) >= 11 is 4.98. The molecule has 2 N–H and O–H groups in total. The summed E-state index contributed by atoms with van der Waals surface area (Å²) in [6.07, 6.45) is 0. The first kappa shape index (κ1) is 20.8. The highest BCUT2D eigenvalue weighted by Crippen LogP contribution is 2.40. The number of phenols is 1. The molecular weight excluding hydrogens is 442 g/mol. The van der Waals surface area contributed by atoms with E-state index in [1.807, 2.05) is 44.4 Å². The van der Waals surface area contributed by atoms with Crippen LogP contribution in [0.1, 0.15) is 28.6 Å². The minimum absolute atomic E-state index is 0.127. The first-order valence-corrected chi connectivity index (χ1v) is 10.8. The molecule has 0 aliphatic rings. The number of benzene rings is 2. The van der Waals surface area contributed by atoms with Crippen LogP contribution in [0.15, 0.2) is 50.2 Å². The van der Waals surface area contributed by atoms with Crippen LogP contribution < -0.4 is 4.90 Å². The Morgan fingerprint density at radius 2 is 2.00 bits per heavy atom. The molecule has 0 unspecified atom stereocenters. The topological polar surface area (TPSA) is 64.1 Å². The van der Waals surface area contributed by atoms with Crippen LogP contribution in [0.25, 0.3) is 11.0 Å². The van der Waals surface area contributed by atoms with Gasteiger partial charge in [0.25, 0.3) is 0 Å². The molecule has 5 nitrogen and oxygen atoms in total. The minimum atomic E-state index is -0.429. The van der Waals surface area contributed by atoms with E-state index in [2.05, 4.69) is 15.9 Å². The van der Waals surface area contributed by atoms with Crippen LogP contribution in [0.3, 0.4) is 0 Å². The molecule has 0 saturated heterocycles. The van der Waals surface area contributed by atoms with Crippen molar-refractivity contribution in [2.45, 2.75) is 24.1 Å². The molecular formula is C21H23BrNO4S+. The number of phenolic OH excluding ortho intramolecular Hbond substituents is 1. The summed E-state index contributed by atoms with van der Waals surface area (Å²) in [6, 6.07) is 11.6. The summed E-state index contributed by atoms with van der Waals surface area (Å²) in [4.78, 5) is 15.0. The third kappa shape index (κ3) is 4.37. The van der Waals surface area contributed by atoms with Gasteiger partial charge in [-0.1, -0.05) is 18.2 Å². The number of furan rings is 1. The normalized spacial score (nSPS) is 11.3. The van der Waals surface area contributed by atoms with E-state index < -0.39 is 5.97 Å². The Hall–Kier alpha value is -1.96. The molecule has 7 heteroatoms. The van der Waals surface area contributed by atoms with Crippen LogP contribution in [-0.2, 0) is 17.0 Å². The predicted octanol–water partition coefficient (Wildman–Crippen LogP) is 4.01. The van der Waals surface area contributed by atoms with Gasteiger partial charge < -0.3 is 19.2 Å². The lowest BCUT2D eigenvalue weighted by Gasteiger charge is -2.12. The first-order chi connectivity index (χ1) is 13.4. The number of fused-ring (bicyclic) bond motifs is 1. The maximum Gasteiger partial charge on any atom is 0.342 e. The molecule has 0 atom stereocenters. The smallest absolute Gasteiger partial charge is 0.342 e. The molecule has 0 spiro atoms. The van der Waals surface area contributed by atoms with Gasteiger partial charge in [-0.2, -0.15) is 0 Å². The number of rotatable bonds is 7. The van der Waals surface area contributed by atoms with Gasteiger partial charge in [-0.25, -0.2) is 4.79 Å². The van der Waals surface area contributed by atoms with Gasteiger partial charge in [0, 0.05) is 10.3 Å². The summed E-state index contributed by atoms with van der Waals surface area (Å²) in [6.45, 7) is 2.59. The summed E-state index contributed by atoms with van der Waals surface area (Å²) in [5.41, 5.74) is 1.64. The zero-order chi connectivity index (χ0) is 20.3. The van der Waals surface area contributed by atoms with Gasteiger partial charge in [0.05, 0.1) is 36.5 Å². The number of esters is 1. The van der Waals surface area contributed by atoms with E-state index in [4.69, 9.17) is 9.15 Å². The average Bonchev–Trinajstić information content (AvgIpc) is 3.02. The lowest BCUT2D eigenvalue weighted by Crippen LogP contribution is -3.04. The number of aromatic hydroxyl groups is 1. The second-order valence-corrected chi connectivity index (χ2v) is 8.57. The van der Waals surface area contributed by atoms with E-state index in [1.165, 1.54) is 0 Å². The Kier molecular flexibility index (Phi) is 6.69. The van der Waals surface area contributed by atoms with E-state index in [0.717, 1.165) is 9.80 Å². The quantitative estimate of drug-likeness (QED) is 0.408. The van der Waals surface area contributed by atoms with Crippen molar-refractivity contribution in [2.75, 3.05) is 20.7 Å². The van der Waals surface area contributed by atoms with Crippen LogP contribution in [0.5, 0.6) is 5.75 Å². The maximum absolute atomic E-state index is 12.8. The lowest BCUT2D eigenvalue weighted by atomic mass is 10.0. The van der Waals surface area contributed by atoms with Gasteiger partial charge in [-0.05, 0) is 41.1 Å². The molecule has 1 heterocycles. The molecule has 3 aromatic rings. The summed E-state index contributed by atoms with van der Waals surface area (Å²) in [7, 11) is 3.98. The van der Waals surface area contributed by atoms with E-state index in [9.17, 15) is 9.90 Å². The number of hydrogen-bond acceptors (Lipinski definition) is 5. The molecule has 0 aliphatic heterocycles. The van der Waals surface area contributed by atoms with Crippen molar-refractivity contribution in [2.24, 2.45) is 0 Å². The van der Waals surface area contributed by atoms with Gasteiger partial charge in [-0.3, -0.25) is 0 Å². The van der Waals surface area contributed by atoms with E-state index in [0.29, 0.717) is 44.6 Å². The van der Waals surface area contributed by atoms with Crippen LogP contribution >= 0.6 is 27.7 Å². The Bertz CT molecular complexity index is 985. The highest BCUT2D eigenvalue weighted by atomic mass is 79.9. The highest BCUT2D eigenvalue weighted by Gasteiger charge is 2.28. The van der Waals surface area contributed by atoms with Gasteiger partial charge >= 0.3 is 5.97 Å². The van der Waals surface area contributed by atoms with Crippen LogP contribution in [0.4, 0.5) is 0 Å². The number of carbonyl (C=O) groups is 1. The second kappa shape index (κ2) is 9.03. The minimum Gasteiger partial charge on any atom is -0.506 e. The lowest BCUT2D eigenvalue weighted by molar-refractivity contribution is -0.872. The molecule has 28 heavy (non-hydrogen) atoms. The molecule has 0 fully saturated rings. The fraction of sp³-hybridized carbons (Fsp3) is 0.286. The molecule has 148 valence electrons. The third-order valence-electron chi connectivity index (χ3n) is 4.20. The zero-order valence-corrected chi connectivity index (χ0v) is 18.4. The Morgan fingerprint density at radius 3 is 2.64 bits per heavy atom. The zero-order valence-electron chi connectivity index (χ0n) is 16.0. The number of halogens is 1. The van der Waals surface area contributed by atoms with Crippen molar-refractivity contribution in [3.63, 3.8) is 0 Å². The first-order valence-electron chi connectivity index (χ1n) is 9.02. The molecule has 0 radical (unpaired) electrons. The van der Waals surface area contributed by atoms with Crippen molar-refractivity contribution >= 4 is 44.6 Å². The third-order valence-corrected chi connectivity index (χ3v) is 5.82. The Balaban J connectivity index is 2.14. The molecule has 0 aliphatic carbocycles. The van der Waals surface area contributed by atoms with Crippen molar-refractivity contribution in [1.29, 1.82) is 0 Å². The van der Waals surface area contributed by atoms with Crippen molar-refractivity contribution in [3.8, 4) is 5.75 Å². The number of nitrogens with one attached hydrogen (secondary N) is 1. The summed E-state index contributed by atoms with van der Waals surface area (Å²) < 4.78 is 11.9. The summed E-state index contributed by atoms with van der Waals surface area (Å²) in [5, 5.41) is 11.3. The van der Waals surface area contributed by atoms with Crippen molar-refractivity contribution in [1.82, 2.24) is 0 Å². The number of carbonyl (C=O) groups excluding carboxylic acids is 1. The number of thioether (sulfide) groups is 1. The van der Waals surface area contributed by atoms with Gasteiger partial charge in [0.15, 0.2) is 0 Å². The molecule has 3 rings (SSSR count). The van der Waals surface area contributed by atoms with Gasteiger partial charge in [0.2, 0.25) is 0 Å². The Morgan fingerprint density at radius 1 is 1.29 bits per heavy atom. The van der Waals surface area contributed by atoms with E-state index >= 15 is 0 Å². The largest absolute Gasteiger partial charge is 0.506 e. The van der Waals surface area contributed by atoms with Gasteiger partial charge in [0.1, 0.15) is 29.2 Å². The second-order valence-electron chi connectivity index (χ2n) is 6.67. The highest BCUT2D eigenvalue weighted by molar-refractivity contribution is 9.10. The molecule has 1 aromatic heterocycles. The standard InChI is InChI=1S/C21H22BrNO4S/c1-4-26-21(25)19-17(12-28-13-8-6-5-7-9-13)27-16-10-15(22)20(24)14(18(16)19)11-23(2)3/h5-10,24H,4,11-12H2,1-3H3/p+1. The summed E-state index contributed by atoms with van der Waals surface area (Å²) in [5.74, 6) is 0.734. The van der Waals surface area contributed by atoms with Crippen LogP contribution in [-0.4, -0.2) is 31.8 Å². The number of quaternary nitrogens is 1. The number of hydrogen-bond donors (Lipinski definition) is 2. The van der Waals surface area contributed by atoms with Crippen LogP contribution in [0.2, 0.25) is 0 Å². The molecule has 0 saturated carbocycles. The van der Waals surface area contributed by atoms with Crippen molar-refractivity contribution < 1.29 is 24.0 Å². The fourth-order valence-corrected chi connectivity index (χ4v) is 4.35. The maximum atomic E-state index is 12.8. The number of ether oxygens (including phenoxy) is 1. The van der Waals surface area contributed by atoms with Crippen molar-refractivity contribution in [3.05, 3.63) is 57.8 Å². The molecule has 0 amide bonds. The van der Waals surface area contributed by atoms with E-state index in [1.54, 1.807) is 24.8 Å². The predicted molar refractivity (Wildman–Crippen MR) is 114 cm³/mol. The van der Waals surface area contributed by atoms with Crippen LogP contribution in [0, 0.1) is 0 Å². The van der Waals surface area contributed by atoms with E-state index in [-0.39, 0.29) is 12.4 Å². The average molecular weight is 465 g/mol. The Labute approximate surface area is 176 Å². The van der Waals surface area contributed by atoms with Gasteiger partial charge in [-0.15, -0.1) is 11.8 Å². The fourth-order valence-electron chi connectivity index (χ4n) is 3.06. The monoisotopic (exact) mass is 464 g/mol. The molecule has 2 aromatic carbocycles. The molecule has 0 bridgehead atoms.